The van der Waals surface area contributed by atoms with Crippen LogP contribution in [0.4, 0.5) is 0 Å². The average Bonchev–Trinajstić information content (AvgIpc) is 2.84. The SMILES string of the molecule is CCNC(Cc1ccc(Cl)s1)c1ccncc1CC. The van der Waals surface area contributed by atoms with E-state index in [1.807, 2.05) is 18.5 Å². The molecule has 1 N–H and O–H groups in total. The van der Waals surface area contributed by atoms with Gasteiger partial charge in [0.1, 0.15) is 0 Å². The highest BCUT2D eigenvalue weighted by Crippen LogP contribution is 2.28. The summed E-state index contributed by atoms with van der Waals surface area (Å²) in [4.78, 5) is 5.54. The molecule has 2 nitrogen and oxygen atoms in total. The Kier molecular flexibility index (Phi) is 5.37. The first-order valence-corrected chi connectivity index (χ1v) is 7.84. The maximum Gasteiger partial charge on any atom is 0.0931 e. The molecular weight excluding hydrogens is 276 g/mol. The van der Waals surface area contributed by atoms with Gasteiger partial charge in [0, 0.05) is 29.7 Å². The quantitative estimate of drug-likeness (QED) is 0.861. The number of hydrogen-bond acceptors (Lipinski definition) is 3. The Morgan fingerprint density at radius 1 is 1.32 bits per heavy atom. The minimum atomic E-state index is 0.331. The summed E-state index contributed by atoms with van der Waals surface area (Å²) in [5.74, 6) is 0. The van der Waals surface area contributed by atoms with Crippen LogP contribution in [0.5, 0.6) is 0 Å². The number of rotatable bonds is 6. The Balaban J connectivity index is 2.23. The van der Waals surface area contributed by atoms with Crippen molar-refractivity contribution in [3.8, 4) is 0 Å². The van der Waals surface area contributed by atoms with E-state index >= 15 is 0 Å². The lowest BCUT2D eigenvalue weighted by Crippen LogP contribution is -2.23. The number of aryl methyl sites for hydroxylation is 1. The monoisotopic (exact) mass is 294 g/mol. The summed E-state index contributed by atoms with van der Waals surface area (Å²) in [5.41, 5.74) is 2.67. The standard InChI is InChI=1S/C15H19ClN2S/c1-3-11-10-17-8-7-13(11)14(18-4-2)9-12-5-6-15(16)19-12/h5-8,10,14,18H,3-4,9H2,1-2H3. The van der Waals surface area contributed by atoms with E-state index in [9.17, 15) is 0 Å². The molecule has 1 atom stereocenters. The fourth-order valence-corrected chi connectivity index (χ4v) is 3.41. The van der Waals surface area contributed by atoms with Gasteiger partial charge in [-0.2, -0.15) is 0 Å². The van der Waals surface area contributed by atoms with E-state index in [2.05, 4.69) is 36.3 Å². The van der Waals surface area contributed by atoms with Gasteiger partial charge in [0.15, 0.2) is 0 Å². The van der Waals surface area contributed by atoms with Crippen LogP contribution in [0.2, 0.25) is 4.34 Å². The summed E-state index contributed by atoms with van der Waals surface area (Å²) in [5, 5.41) is 3.57. The molecule has 0 bridgehead atoms. The fourth-order valence-electron chi connectivity index (χ4n) is 2.27. The number of likely N-dealkylation sites (N-methyl/N-ethyl adjacent to an activating group) is 1. The molecule has 0 radical (unpaired) electrons. The normalized spacial score (nSPS) is 12.6. The summed E-state index contributed by atoms with van der Waals surface area (Å²) < 4.78 is 0.857. The van der Waals surface area contributed by atoms with Crippen LogP contribution in [-0.4, -0.2) is 11.5 Å². The van der Waals surface area contributed by atoms with Gasteiger partial charge in [-0.3, -0.25) is 4.98 Å². The second-order valence-electron chi connectivity index (χ2n) is 4.45. The minimum absolute atomic E-state index is 0.331. The van der Waals surface area contributed by atoms with E-state index in [1.165, 1.54) is 16.0 Å². The van der Waals surface area contributed by atoms with Gasteiger partial charge in [0.25, 0.3) is 0 Å². The maximum atomic E-state index is 6.01. The zero-order valence-electron chi connectivity index (χ0n) is 11.3. The number of nitrogens with zero attached hydrogens (tertiary/aromatic N) is 1. The third kappa shape index (κ3) is 3.78. The molecule has 2 heterocycles. The van der Waals surface area contributed by atoms with E-state index in [0.29, 0.717) is 6.04 Å². The molecule has 2 aromatic rings. The van der Waals surface area contributed by atoms with Crippen molar-refractivity contribution in [2.75, 3.05) is 6.54 Å². The van der Waals surface area contributed by atoms with Crippen LogP contribution in [0.3, 0.4) is 0 Å². The van der Waals surface area contributed by atoms with Gasteiger partial charge in [-0.15, -0.1) is 11.3 Å². The van der Waals surface area contributed by atoms with Gasteiger partial charge in [-0.1, -0.05) is 25.4 Å². The molecule has 0 fully saturated rings. The number of halogens is 1. The molecule has 2 aromatic heterocycles. The van der Waals surface area contributed by atoms with Crippen molar-refractivity contribution < 1.29 is 0 Å². The predicted molar refractivity (Wildman–Crippen MR) is 83.1 cm³/mol. The largest absolute Gasteiger partial charge is 0.310 e. The second kappa shape index (κ2) is 7.04. The highest BCUT2D eigenvalue weighted by Gasteiger charge is 2.15. The average molecular weight is 295 g/mol. The van der Waals surface area contributed by atoms with Crippen LogP contribution < -0.4 is 5.32 Å². The zero-order valence-corrected chi connectivity index (χ0v) is 12.9. The van der Waals surface area contributed by atoms with Crippen molar-refractivity contribution in [1.29, 1.82) is 0 Å². The van der Waals surface area contributed by atoms with Crippen molar-refractivity contribution in [3.05, 3.63) is 50.9 Å². The molecule has 2 rings (SSSR count). The Hall–Kier alpha value is -0.900. The van der Waals surface area contributed by atoms with Crippen LogP contribution in [0.25, 0.3) is 0 Å². The van der Waals surface area contributed by atoms with Crippen LogP contribution >= 0.6 is 22.9 Å². The first kappa shape index (κ1) is 14.5. The van der Waals surface area contributed by atoms with Crippen molar-refractivity contribution >= 4 is 22.9 Å². The molecule has 0 saturated carbocycles. The van der Waals surface area contributed by atoms with Crippen LogP contribution in [-0.2, 0) is 12.8 Å². The van der Waals surface area contributed by atoms with E-state index in [0.717, 1.165) is 23.7 Å². The fraction of sp³-hybridized carbons (Fsp3) is 0.400. The molecule has 102 valence electrons. The first-order chi connectivity index (χ1) is 9.24. The summed E-state index contributed by atoms with van der Waals surface area (Å²) in [6.07, 6.45) is 5.83. The topological polar surface area (TPSA) is 24.9 Å². The molecular formula is C15H19ClN2S. The van der Waals surface area contributed by atoms with Gasteiger partial charge in [0.05, 0.1) is 4.34 Å². The van der Waals surface area contributed by atoms with Crippen LogP contribution in [0.15, 0.2) is 30.6 Å². The minimum Gasteiger partial charge on any atom is -0.310 e. The molecule has 0 spiro atoms. The molecule has 0 aliphatic heterocycles. The van der Waals surface area contributed by atoms with Crippen molar-refractivity contribution in [1.82, 2.24) is 10.3 Å². The molecule has 0 saturated heterocycles. The number of nitrogens with one attached hydrogen (secondary N) is 1. The summed E-state index contributed by atoms with van der Waals surface area (Å²) >= 11 is 7.67. The van der Waals surface area contributed by atoms with E-state index in [-0.39, 0.29) is 0 Å². The Morgan fingerprint density at radius 2 is 2.16 bits per heavy atom. The predicted octanol–water partition coefficient (Wildman–Crippen LogP) is 4.25. The molecule has 0 aromatic carbocycles. The lowest BCUT2D eigenvalue weighted by atomic mass is 9.98. The van der Waals surface area contributed by atoms with Gasteiger partial charge in [-0.05, 0) is 42.3 Å². The lowest BCUT2D eigenvalue weighted by molar-refractivity contribution is 0.548. The van der Waals surface area contributed by atoms with Crippen molar-refractivity contribution in [2.24, 2.45) is 0 Å². The third-order valence-corrected chi connectivity index (χ3v) is 4.44. The van der Waals surface area contributed by atoms with Crippen LogP contribution in [0.1, 0.15) is 35.9 Å². The second-order valence-corrected chi connectivity index (χ2v) is 6.25. The Morgan fingerprint density at radius 3 is 2.79 bits per heavy atom. The summed E-state index contributed by atoms with van der Waals surface area (Å²) in [6, 6.07) is 6.54. The van der Waals surface area contributed by atoms with Crippen molar-refractivity contribution in [3.63, 3.8) is 0 Å². The van der Waals surface area contributed by atoms with E-state index < -0.39 is 0 Å². The van der Waals surface area contributed by atoms with E-state index in [4.69, 9.17) is 11.6 Å². The van der Waals surface area contributed by atoms with Gasteiger partial charge < -0.3 is 5.32 Å². The third-order valence-electron chi connectivity index (χ3n) is 3.18. The van der Waals surface area contributed by atoms with E-state index in [1.54, 1.807) is 11.3 Å². The lowest BCUT2D eigenvalue weighted by Gasteiger charge is -2.20. The van der Waals surface area contributed by atoms with Gasteiger partial charge in [0.2, 0.25) is 0 Å². The highest BCUT2D eigenvalue weighted by atomic mass is 35.5. The number of hydrogen-bond donors (Lipinski definition) is 1. The number of thiophene rings is 1. The molecule has 19 heavy (non-hydrogen) atoms. The number of pyridine rings is 1. The summed E-state index contributed by atoms with van der Waals surface area (Å²) in [6.45, 7) is 5.27. The van der Waals surface area contributed by atoms with Crippen LogP contribution in [0, 0.1) is 0 Å². The maximum absolute atomic E-state index is 6.01. The molecule has 1 unspecified atom stereocenters. The smallest absolute Gasteiger partial charge is 0.0931 e. The van der Waals surface area contributed by atoms with Gasteiger partial charge in [-0.25, -0.2) is 0 Å². The first-order valence-electron chi connectivity index (χ1n) is 6.65. The highest BCUT2D eigenvalue weighted by molar-refractivity contribution is 7.16. The molecule has 0 aliphatic rings. The zero-order chi connectivity index (χ0) is 13.7. The Bertz CT molecular complexity index is 524. The molecule has 0 amide bonds. The molecule has 4 heteroatoms. The van der Waals surface area contributed by atoms with Gasteiger partial charge >= 0.3 is 0 Å². The summed E-state index contributed by atoms with van der Waals surface area (Å²) in [7, 11) is 0. The number of aromatic nitrogens is 1. The molecule has 0 aliphatic carbocycles. The van der Waals surface area contributed by atoms with Crippen molar-refractivity contribution in [2.45, 2.75) is 32.7 Å². The Labute approximate surface area is 123 Å².